The van der Waals surface area contributed by atoms with Crippen LogP contribution in [0.15, 0.2) is 54.6 Å². The van der Waals surface area contributed by atoms with Crippen molar-refractivity contribution in [3.8, 4) is 0 Å². The van der Waals surface area contributed by atoms with E-state index in [0.717, 1.165) is 16.2 Å². The Kier molecular flexibility index (Phi) is 4.92. The number of fused-ring (bicyclic) bond motifs is 1. The van der Waals surface area contributed by atoms with E-state index in [9.17, 15) is 4.79 Å². The van der Waals surface area contributed by atoms with Crippen LogP contribution in [0.3, 0.4) is 0 Å². The predicted octanol–water partition coefficient (Wildman–Crippen LogP) is 3.95. The van der Waals surface area contributed by atoms with Crippen molar-refractivity contribution >= 4 is 33.1 Å². The highest BCUT2D eigenvalue weighted by Gasteiger charge is 2.20. The van der Waals surface area contributed by atoms with Crippen LogP contribution in [-0.4, -0.2) is 36.4 Å². The molecule has 0 saturated heterocycles. The molecule has 0 bridgehead atoms. The number of para-hydroxylation sites is 2. The van der Waals surface area contributed by atoms with Gasteiger partial charge in [0.25, 0.3) is 0 Å². The smallest absolute Gasteiger partial charge is 0.240 e. The first-order chi connectivity index (χ1) is 11.6. The molecule has 2 aromatic carbocycles. The first-order valence-electron chi connectivity index (χ1n) is 7.93. The summed E-state index contributed by atoms with van der Waals surface area (Å²) < 4.78 is 1.18. The molecular weight excluding hydrogens is 318 g/mol. The van der Waals surface area contributed by atoms with Gasteiger partial charge in [-0.25, -0.2) is 4.98 Å². The molecule has 1 atom stereocenters. The van der Waals surface area contributed by atoms with Crippen LogP contribution in [0.25, 0.3) is 10.2 Å². The number of rotatable bonds is 5. The zero-order valence-electron chi connectivity index (χ0n) is 14.1. The Morgan fingerprint density at radius 1 is 1.08 bits per heavy atom. The van der Waals surface area contributed by atoms with Crippen LogP contribution in [0, 0.1) is 0 Å². The van der Waals surface area contributed by atoms with Gasteiger partial charge < -0.3 is 4.90 Å². The van der Waals surface area contributed by atoms with Gasteiger partial charge in [-0.15, -0.1) is 11.3 Å². The fourth-order valence-corrected chi connectivity index (χ4v) is 3.59. The molecule has 5 heteroatoms. The monoisotopic (exact) mass is 339 g/mol. The molecule has 1 amide bonds. The number of anilines is 1. The van der Waals surface area contributed by atoms with Gasteiger partial charge in [0.2, 0.25) is 5.91 Å². The van der Waals surface area contributed by atoms with Crippen molar-refractivity contribution in [1.82, 2.24) is 9.88 Å². The number of thiazole rings is 1. The van der Waals surface area contributed by atoms with Gasteiger partial charge in [0.15, 0.2) is 0 Å². The first kappa shape index (κ1) is 16.6. The van der Waals surface area contributed by atoms with Crippen molar-refractivity contribution in [1.29, 1.82) is 0 Å². The molecule has 0 radical (unpaired) electrons. The van der Waals surface area contributed by atoms with E-state index in [-0.39, 0.29) is 11.9 Å². The van der Waals surface area contributed by atoms with E-state index in [1.807, 2.05) is 67.5 Å². The van der Waals surface area contributed by atoms with Gasteiger partial charge in [0.05, 0.1) is 22.8 Å². The van der Waals surface area contributed by atoms with Gasteiger partial charge in [-0.2, -0.15) is 0 Å². The highest BCUT2D eigenvalue weighted by atomic mass is 32.1. The Balaban J connectivity index is 1.69. The van der Waals surface area contributed by atoms with Crippen LogP contribution >= 0.6 is 11.3 Å². The normalized spacial score (nSPS) is 12.5. The van der Waals surface area contributed by atoms with Crippen LogP contribution in [0.4, 0.5) is 5.69 Å². The second-order valence-corrected chi connectivity index (χ2v) is 6.96. The number of nitrogens with zero attached hydrogens (tertiary/aromatic N) is 3. The molecular formula is C19H21N3OS. The Morgan fingerprint density at radius 3 is 2.46 bits per heavy atom. The van der Waals surface area contributed by atoms with Gasteiger partial charge in [-0.1, -0.05) is 30.3 Å². The molecule has 0 saturated carbocycles. The van der Waals surface area contributed by atoms with Crippen molar-refractivity contribution in [3.05, 3.63) is 59.6 Å². The summed E-state index contributed by atoms with van der Waals surface area (Å²) in [6, 6.07) is 17.9. The van der Waals surface area contributed by atoms with Crippen molar-refractivity contribution in [3.63, 3.8) is 0 Å². The minimum atomic E-state index is 0.0664. The number of likely N-dealkylation sites (N-methyl/N-ethyl adjacent to an activating group) is 2. The molecule has 0 N–H and O–H groups in total. The second-order valence-electron chi connectivity index (χ2n) is 5.90. The molecule has 0 spiro atoms. The molecule has 3 aromatic rings. The minimum absolute atomic E-state index is 0.0664. The quantitative estimate of drug-likeness (QED) is 0.706. The van der Waals surface area contributed by atoms with Gasteiger partial charge in [0, 0.05) is 12.7 Å². The van der Waals surface area contributed by atoms with Crippen LogP contribution in [0.1, 0.15) is 18.0 Å². The number of aromatic nitrogens is 1. The third kappa shape index (κ3) is 3.47. The van der Waals surface area contributed by atoms with Crippen LogP contribution in [0.2, 0.25) is 0 Å². The van der Waals surface area contributed by atoms with E-state index >= 15 is 0 Å². The van der Waals surface area contributed by atoms with Gasteiger partial charge in [-0.05, 0) is 38.2 Å². The number of hydrogen-bond donors (Lipinski definition) is 0. The fraction of sp³-hybridized carbons (Fsp3) is 0.263. The van der Waals surface area contributed by atoms with Crippen molar-refractivity contribution in [2.24, 2.45) is 0 Å². The van der Waals surface area contributed by atoms with E-state index in [1.54, 1.807) is 16.2 Å². The Hall–Kier alpha value is -2.24. The highest BCUT2D eigenvalue weighted by molar-refractivity contribution is 7.18. The maximum atomic E-state index is 12.5. The number of carbonyl (C=O) groups excluding carboxylic acids is 1. The van der Waals surface area contributed by atoms with Crippen molar-refractivity contribution in [2.75, 3.05) is 25.5 Å². The number of amides is 1. The predicted molar refractivity (Wildman–Crippen MR) is 101 cm³/mol. The van der Waals surface area contributed by atoms with E-state index in [0.29, 0.717) is 6.54 Å². The second kappa shape index (κ2) is 7.11. The minimum Gasteiger partial charge on any atom is -0.314 e. The Morgan fingerprint density at radius 2 is 1.75 bits per heavy atom. The average molecular weight is 339 g/mol. The lowest BCUT2D eigenvalue weighted by molar-refractivity contribution is -0.119. The first-order valence-corrected chi connectivity index (χ1v) is 8.75. The molecule has 0 unspecified atom stereocenters. The van der Waals surface area contributed by atoms with E-state index < -0.39 is 0 Å². The van der Waals surface area contributed by atoms with E-state index in [2.05, 4.69) is 13.0 Å². The van der Waals surface area contributed by atoms with Crippen LogP contribution in [-0.2, 0) is 4.79 Å². The van der Waals surface area contributed by atoms with E-state index in [1.165, 1.54) is 4.70 Å². The number of carbonyl (C=O) groups is 1. The summed E-state index contributed by atoms with van der Waals surface area (Å²) in [5.74, 6) is 0.0664. The molecule has 24 heavy (non-hydrogen) atoms. The molecule has 1 aromatic heterocycles. The maximum Gasteiger partial charge on any atom is 0.240 e. The van der Waals surface area contributed by atoms with Gasteiger partial charge >= 0.3 is 0 Å². The topological polar surface area (TPSA) is 36.4 Å². The Labute approximate surface area is 146 Å². The van der Waals surface area contributed by atoms with Crippen molar-refractivity contribution in [2.45, 2.75) is 13.0 Å². The zero-order chi connectivity index (χ0) is 17.1. The molecule has 124 valence electrons. The maximum absolute atomic E-state index is 12.5. The standard InChI is InChI=1S/C19H21N3OS/c1-14(19-20-16-11-7-8-12-17(16)24-19)21(2)13-18(23)22(3)15-9-5-4-6-10-15/h4-12,14H,13H2,1-3H3/t14-/m0/s1. The average Bonchev–Trinajstić information content (AvgIpc) is 3.05. The van der Waals surface area contributed by atoms with Crippen LogP contribution < -0.4 is 4.90 Å². The van der Waals surface area contributed by atoms with Crippen LogP contribution in [0.5, 0.6) is 0 Å². The lowest BCUT2D eigenvalue weighted by Crippen LogP contribution is -2.37. The molecule has 3 rings (SSSR count). The van der Waals surface area contributed by atoms with Gasteiger partial charge in [-0.3, -0.25) is 9.69 Å². The molecule has 0 aliphatic heterocycles. The summed E-state index contributed by atoms with van der Waals surface area (Å²) >= 11 is 1.69. The van der Waals surface area contributed by atoms with E-state index in [4.69, 9.17) is 4.98 Å². The SMILES string of the molecule is C[C@@H](c1nc2ccccc2s1)N(C)CC(=O)N(C)c1ccccc1. The number of hydrogen-bond acceptors (Lipinski definition) is 4. The summed E-state index contributed by atoms with van der Waals surface area (Å²) in [6.07, 6.45) is 0. The summed E-state index contributed by atoms with van der Waals surface area (Å²) in [7, 11) is 3.78. The molecule has 0 aliphatic rings. The molecule has 4 nitrogen and oxygen atoms in total. The lowest BCUT2D eigenvalue weighted by atomic mass is 10.2. The summed E-state index contributed by atoms with van der Waals surface area (Å²) in [5.41, 5.74) is 1.93. The lowest BCUT2D eigenvalue weighted by Gasteiger charge is -2.25. The molecule has 0 aliphatic carbocycles. The van der Waals surface area contributed by atoms with Gasteiger partial charge in [0.1, 0.15) is 5.01 Å². The summed E-state index contributed by atoms with van der Waals surface area (Å²) in [4.78, 5) is 21.0. The van der Waals surface area contributed by atoms with Crippen molar-refractivity contribution < 1.29 is 4.79 Å². The third-order valence-corrected chi connectivity index (χ3v) is 5.44. The third-order valence-electron chi connectivity index (χ3n) is 4.23. The highest BCUT2D eigenvalue weighted by Crippen LogP contribution is 2.28. The fourth-order valence-electron chi connectivity index (χ4n) is 2.51. The number of benzene rings is 2. The molecule has 1 heterocycles. The largest absolute Gasteiger partial charge is 0.314 e. The zero-order valence-corrected chi connectivity index (χ0v) is 15.0. The summed E-state index contributed by atoms with van der Waals surface area (Å²) in [6.45, 7) is 2.44. The Bertz CT molecular complexity index is 798. The molecule has 0 fully saturated rings. The summed E-state index contributed by atoms with van der Waals surface area (Å²) in [5, 5.41) is 1.04.